The molecular formula is C21H18F3N5O3. The first-order valence-electron chi connectivity index (χ1n) is 10.0. The molecular weight excluding hydrogens is 427 g/mol. The number of aromatic nitrogens is 5. The summed E-state index contributed by atoms with van der Waals surface area (Å²) in [5, 5.41) is 11.6. The van der Waals surface area contributed by atoms with Gasteiger partial charge in [-0.15, -0.1) is 10.2 Å². The standard InChI is InChI=1S/C21H18F3N5O3/c1-11-14(19-27-26-18(32-19)13-8-5-9-31-10-13)20(30)29-17(25-11)15(12-6-3-2-4-7-12)16(28-29)21(22,23)24/h2-4,6-7,13,25H,5,8-10H2,1H3/t13-/m0/s1. The Morgan fingerprint density at radius 3 is 2.62 bits per heavy atom. The predicted octanol–water partition coefficient (Wildman–Crippen LogP) is 3.96. The number of halogens is 3. The van der Waals surface area contributed by atoms with Gasteiger partial charge in [0.2, 0.25) is 5.89 Å². The van der Waals surface area contributed by atoms with Crippen LogP contribution >= 0.6 is 0 Å². The molecule has 5 rings (SSSR count). The fraction of sp³-hybridized carbons (Fsp3) is 0.333. The van der Waals surface area contributed by atoms with Crippen molar-refractivity contribution in [1.82, 2.24) is 24.8 Å². The van der Waals surface area contributed by atoms with Crippen LogP contribution < -0.4 is 5.56 Å². The molecule has 0 saturated carbocycles. The number of ether oxygens (including phenoxy) is 1. The Labute approximate surface area is 179 Å². The molecule has 3 aromatic heterocycles. The summed E-state index contributed by atoms with van der Waals surface area (Å²) in [6.07, 6.45) is -3.10. The van der Waals surface area contributed by atoms with Gasteiger partial charge in [0.05, 0.1) is 18.1 Å². The van der Waals surface area contributed by atoms with Gasteiger partial charge in [-0.25, -0.2) is 0 Å². The monoisotopic (exact) mass is 445 g/mol. The molecule has 4 heterocycles. The number of nitrogens with one attached hydrogen (secondary N) is 1. The summed E-state index contributed by atoms with van der Waals surface area (Å²) < 4.78 is 53.2. The van der Waals surface area contributed by atoms with Gasteiger partial charge >= 0.3 is 6.18 Å². The third kappa shape index (κ3) is 3.38. The lowest BCUT2D eigenvalue weighted by atomic mass is 10.0. The Morgan fingerprint density at radius 1 is 1.16 bits per heavy atom. The lowest BCUT2D eigenvalue weighted by molar-refractivity contribution is -0.140. The second kappa shape index (κ2) is 7.59. The topological polar surface area (TPSA) is 98.3 Å². The van der Waals surface area contributed by atoms with Crippen molar-refractivity contribution in [3.63, 3.8) is 0 Å². The maximum Gasteiger partial charge on any atom is 0.435 e. The number of nitrogens with zero attached hydrogens (tertiary/aromatic N) is 4. The van der Waals surface area contributed by atoms with E-state index in [4.69, 9.17) is 9.15 Å². The van der Waals surface area contributed by atoms with E-state index in [1.165, 1.54) is 12.1 Å². The molecule has 1 atom stereocenters. The molecule has 4 aromatic rings. The molecule has 1 N–H and O–H groups in total. The minimum atomic E-state index is -4.76. The van der Waals surface area contributed by atoms with E-state index in [0.29, 0.717) is 29.3 Å². The van der Waals surface area contributed by atoms with E-state index in [0.717, 1.165) is 12.8 Å². The molecule has 8 nitrogen and oxygen atoms in total. The van der Waals surface area contributed by atoms with Crippen molar-refractivity contribution in [3.05, 3.63) is 58.0 Å². The lowest BCUT2D eigenvalue weighted by Gasteiger charge is -2.18. The average molecular weight is 445 g/mol. The first kappa shape index (κ1) is 20.4. The van der Waals surface area contributed by atoms with Gasteiger partial charge in [-0.3, -0.25) is 4.79 Å². The van der Waals surface area contributed by atoms with Crippen LogP contribution in [0.1, 0.15) is 36.0 Å². The quantitative estimate of drug-likeness (QED) is 0.513. The van der Waals surface area contributed by atoms with Gasteiger partial charge in [-0.2, -0.15) is 22.8 Å². The fourth-order valence-electron chi connectivity index (χ4n) is 3.95. The van der Waals surface area contributed by atoms with Crippen molar-refractivity contribution >= 4 is 5.65 Å². The van der Waals surface area contributed by atoms with Crippen molar-refractivity contribution in [2.24, 2.45) is 0 Å². The Kier molecular flexibility index (Phi) is 4.85. The van der Waals surface area contributed by atoms with Crippen molar-refractivity contribution < 1.29 is 22.3 Å². The van der Waals surface area contributed by atoms with E-state index in [1.54, 1.807) is 25.1 Å². The molecule has 0 spiro atoms. The van der Waals surface area contributed by atoms with E-state index in [2.05, 4.69) is 20.3 Å². The van der Waals surface area contributed by atoms with Crippen molar-refractivity contribution in [3.8, 4) is 22.6 Å². The number of fused-ring (bicyclic) bond motifs is 1. The summed E-state index contributed by atoms with van der Waals surface area (Å²) in [6.45, 7) is 2.67. The Balaban J connectivity index is 1.69. The minimum Gasteiger partial charge on any atom is -0.420 e. The summed E-state index contributed by atoms with van der Waals surface area (Å²) in [4.78, 5) is 16.1. The molecule has 0 bridgehead atoms. The Morgan fingerprint density at radius 2 is 1.94 bits per heavy atom. The molecule has 0 unspecified atom stereocenters. The highest BCUT2D eigenvalue weighted by molar-refractivity contribution is 5.81. The van der Waals surface area contributed by atoms with Crippen LogP contribution in [-0.4, -0.2) is 38.0 Å². The van der Waals surface area contributed by atoms with Crippen LogP contribution in [0.4, 0.5) is 13.2 Å². The number of H-pyrrole nitrogens is 1. The van der Waals surface area contributed by atoms with Crippen LogP contribution in [0.3, 0.4) is 0 Å². The van der Waals surface area contributed by atoms with E-state index in [9.17, 15) is 18.0 Å². The number of alkyl halides is 3. The van der Waals surface area contributed by atoms with Crippen LogP contribution in [0.15, 0.2) is 39.5 Å². The van der Waals surface area contributed by atoms with Crippen molar-refractivity contribution in [2.75, 3.05) is 13.2 Å². The molecule has 1 aliphatic heterocycles. The molecule has 0 amide bonds. The summed E-state index contributed by atoms with van der Waals surface area (Å²) in [6, 6.07) is 7.99. The van der Waals surface area contributed by atoms with E-state index < -0.39 is 17.4 Å². The van der Waals surface area contributed by atoms with Crippen molar-refractivity contribution in [2.45, 2.75) is 31.9 Å². The summed E-state index contributed by atoms with van der Waals surface area (Å²) >= 11 is 0. The van der Waals surface area contributed by atoms with E-state index in [1.807, 2.05) is 0 Å². The van der Waals surface area contributed by atoms with Crippen LogP contribution in [-0.2, 0) is 10.9 Å². The molecule has 1 fully saturated rings. The normalized spacial score (nSPS) is 17.2. The lowest BCUT2D eigenvalue weighted by Crippen LogP contribution is -2.20. The van der Waals surface area contributed by atoms with E-state index in [-0.39, 0.29) is 34.1 Å². The van der Waals surface area contributed by atoms with Gasteiger partial charge < -0.3 is 14.1 Å². The van der Waals surface area contributed by atoms with Gasteiger partial charge in [-0.05, 0) is 25.3 Å². The molecule has 0 aliphatic carbocycles. The largest absolute Gasteiger partial charge is 0.435 e. The average Bonchev–Trinajstić information content (AvgIpc) is 3.40. The molecule has 1 aliphatic rings. The van der Waals surface area contributed by atoms with Gasteiger partial charge in [0.15, 0.2) is 5.69 Å². The van der Waals surface area contributed by atoms with E-state index >= 15 is 0 Å². The minimum absolute atomic E-state index is 0.0242. The number of aryl methyl sites for hydroxylation is 1. The summed E-state index contributed by atoms with van der Waals surface area (Å²) in [5.41, 5.74) is -1.63. The maximum atomic E-state index is 13.8. The van der Waals surface area contributed by atoms with Crippen LogP contribution in [0.5, 0.6) is 0 Å². The summed E-state index contributed by atoms with van der Waals surface area (Å²) in [7, 11) is 0. The number of rotatable bonds is 3. The van der Waals surface area contributed by atoms with Gasteiger partial charge in [0, 0.05) is 12.3 Å². The maximum absolute atomic E-state index is 13.8. The molecule has 11 heteroatoms. The third-order valence-electron chi connectivity index (χ3n) is 5.47. The molecule has 166 valence electrons. The second-order valence-corrected chi connectivity index (χ2v) is 7.64. The number of benzene rings is 1. The second-order valence-electron chi connectivity index (χ2n) is 7.64. The zero-order chi connectivity index (χ0) is 22.5. The first-order chi connectivity index (χ1) is 15.3. The molecule has 1 saturated heterocycles. The number of hydrogen-bond donors (Lipinski definition) is 1. The van der Waals surface area contributed by atoms with Crippen LogP contribution in [0.2, 0.25) is 0 Å². The van der Waals surface area contributed by atoms with Gasteiger partial charge in [0.25, 0.3) is 11.4 Å². The van der Waals surface area contributed by atoms with Crippen LogP contribution in [0.25, 0.3) is 28.2 Å². The smallest absolute Gasteiger partial charge is 0.420 e. The third-order valence-corrected chi connectivity index (χ3v) is 5.47. The number of hydrogen-bond acceptors (Lipinski definition) is 6. The van der Waals surface area contributed by atoms with Crippen molar-refractivity contribution in [1.29, 1.82) is 0 Å². The number of aromatic amines is 1. The molecule has 1 aromatic carbocycles. The highest BCUT2D eigenvalue weighted by Crippen LogP contribution is 2.38. The Hall–Kier alpha value is -3.47. The highest BCUT2D eigenvalue weighted by Gasteiger charge is 2.39. The van der Waals surface area contributed by atoms with Crippen LogP contribution in [0, 0.1) is 6.92 Å². The highest BCUT2D eigenvalue weighted by atomic mass is 19.4. The first-order valence-corrected chi connectivity index (χ1v) is 10.0. The zero-order valence-corrected chi connectivity index (χ0v) is 16.9. The fourth-order valence-corrected chi connectivity index (χ4v) is 3.95. The van der Waals surface area contributed by atoms with Gasteiger partial charge in [0.1, 0.15) is 11.2 Å². The molecule has 0 radical (unpaired) electrons. The zero-order valence-electron chi connectivity index (χ0n) is 16.9. The predicted molar refractivity (Wildman–Crippen MR) is 107 cm³/mol. The molecule has 32 heavy (non-hydrogen) atoms. The Bertz CT molecular complexity index is 1330. The van der Waals surface area contributed by atoms with Gasteiger partial charge in [-0.1, -0.05) is 30.3 Å². The SMILES string of the molecule is Cc1[nH]c2c(-c3ccccc3)c(C(F)(F)F)nn2c(=O)c1-c1nnc([C@H]2CCCOC2)o1. The summed E-state index contributed by atoms with van der Waals surface area (Å²) in [5.74, 6) is 0.177.